The second-order valence-electron chi connectivity index (χ2n) is 5.42. The van der Waals surface area contributed by atoms with Crippen molar-refractivity contribution in [3.8, 4) is 5.75 Å². The first-order valence-corrected chi connectivity index (χ1v) is 8.03. The fourth-order valence-corrected chi connectivity index (χ4v) is 2.81. The first-order chi connectivity index (χ1) is 11.4. The number of amides is 2. The number of benzene rings is 2. The van der Waals surface area contributed by atoms with Gasteiger partial charge in [0.15, 0.2) is 6.10 Å². The van der Waals surface area contributed by atoms with Gasteiger partial charge in [-0.15, -0.1) is 0 Å². The molecule has 0 aromatic heterocycles. The number of carbonyl (C=O) groups excluding carboxylic acids is 2. The van der Waals surface area contributed by atoms with Gasteiger partial charge in [0.2, 0.25) is 5.91 Å². The normalized spacial score (nSPS) is 16.0. The monoisotopic (exact) mass is 364 g/mol. The molecule has 1 aliphatic rings. The zero-order valence-electron chi connectivity index (χ0n) is 12.7. The molecule has 0 fully saturated rings. The highest BCUT2D eigenvalue weighted by molar-refractivity contribution is 6.35. The number of anilines is 2. The minimum absolute atomic E-state index is 0.118. The molecule has 1 aliphatic heterocycles. The van der Waals surface area contributed by atoms with Crippen molar-refractivity contribution in [1.82, 2.24) is 0 Å². The molecule has 2 N–H and O–H groups in total. The number of rotatable bonds is 3. The van der Waals surface area contributed by atoms with Crippen LogP contribution in [-0.2, 0) is 16.0 Å². The second kappa shape index (κ2) is 6.71. The van der Waals surface area contributed by atoms with Gasteiger partial charge in [-0.25, -0.2) is 0 Å². The van der Waals surface area contributed by atoms with Crippen LogP contribution in [0.4, 0.5) is 11.4 Å². The Balaban J connectivity index is 1.71. The van der Waals surface area contributed by atoms with Gasteiger partial charge in [0.25, 0.3) is 5.91 Å². The molecule has 5 nitrogen and oxygen atoms in total. The number of nitrogens with one attached hydrogen (secondary N) is 2. The lowest BCUT2D eigenvalue weighted by Gasteiger charge is -2.23. The van der Waals surface area contributed by atoms with E-state index in [1.54, 1.807) is 43.3 Å². The van der Waals surface area contributed by atoms with Crippen LogP contribution in [0.25, 0.3) is 0 Å². The molecular formula is C17H14Cl2N2O3. The molecule has 0 saturated carbocycles. The predicted molar refractivity (Wildman–Crippen MR) is 94.0 cm³/mol. The van der Waals surface area contributed by atoms with Gasteiger partial charge in [0.1, 0.15) is 5.75 Å². The fraction of sp³-hybridized carbons (Fsp3) is 0.176. The van der Waals surface area contributed by atoms with E-state index in [9.17, 15) is 9.59 Å². The lowest BCUT2D eigenvalue weighted by atomic mass is 10.1. The molecule has 0 radical (unpaired) electrons. The number of fused-ring (bicyclic) bond motifs is 1. The maximum absolute atomic E-state index is 12.2. The van der Waals surface area contributed by atoms with Crippen LogP contribution in [0.2, 0.25) is 10.0 Å². The van der Waals surface area contributed by atoms with Crippen LogP contribution in [0.15, 0.2) is 36.4 Å². The van der Waals surface area contributed by atoms with Gasteiger partial charge >= 0.3 is 0 Å². The van der Waals surface area contributed by atoms with Crippen LogP contribution in [0, 0.1) is 0 Å². The van der Waals surface area contributed by atoms with Crippen LogP contribution in [-0.4, -0.2) is 17.9 Å². The highest BCUT2D eigenvalue weighted by Crippen LogP contribution is 2.32. The van der Waals surface area contributed by atoms with E-state index in [2.05, 4.69) is 10.6 Å². The summed E-state index contributed by atoms with van der Waals surface area (Å²) < 4.78 is 5.47. The average Bonchev–Trinajstić information content (AvgIpc) is 2.51. The van der Waals surface area contributed by atoms with Crippen LogP contribution in [0.3, 0.4) is 0 Å². The van der Waals surface area contributed by atoms with E-state index in [0.29, 0.717) is 32.7 Å². The van der Waals surface area contributed by atoms with Gasteiger partial charge in [-0.1, -0.05) is 29.3 Å². The third-order valence-corrected chi connectivity index (χ3v) is 4.15. The molecule has 1 heterocycles. The molecule has 1 atom stereocenters. The highest BCUT2D eigenvalue weighted by atomic mass is 35.5. The van der Waals surface area contributed by atoms with Crippen molar-refractivity contribution in [2.24, 2.45) is 0 Å². The fourth-order valence-electron chi connectivity index (χ4n) is 2.33. The lowest BCUT2D eigenvalue weighted by molar-refractivity contribution is -0.122. The number of ether oxygens (including phenoxy) is 1. The topological polar surface area (TPSA) is 67.4 Å². The molecule has 7 heteroatoms. The molecule has 124 valence electrons. The van der Waals surface area contributed by atoms with Crippen LogP contribution in [0.5, 0.6) is 5.75 Å². The Bertz CT molecular complexity index is 823. The van der Waals surface area contributed by atoms with E-state index in [-0.39, 0.29) is 18.2 Å². The number of halogens is 2. The maximum Gasteiger partial charge on any atom is 0.265 e. The summed E-state index contributed by atoms with van der Waals surface area (Å²) in [4.78, 5) is 23.8. The molecule has 0 saturated heterocycles. The highest BCUT2D eigenvalue weighted by Gasteiger charge is 2.23. The SMILES string of the molecule is C[C@H]1Oc2ccc(NC(=O)Cc3ccc(Cl)cc3Cl)cc2NC1=O. The van der Waals surface area contributed by atoms with E-state index >= 15 is 0 Å². The van der Waals surface area contributed by atoms with Gasteiger partial charge in [0.05, 0.1) is 12.1 Å². The van der Waals surface area contributed by atoms with E-state index in [4.69, 9.17) is 27.9 Å². The third kappa shape index (κ3) is 3.63. The Morgan fingerprint density at radius 1 is 1.25 bits per heavy atom. The molecule has 24 heavy (non-hydrogen) atoms. The average molecular weight is 365 g/mol. The summed E-state index contributed by atoms with van der Waals surface area (Å²) in [5.41, 5.74) is 1.77. The quantitative estimate of drug-likeness (QED) is 0.867. The van der Waals surface area contributed by atoms with Gasteiger partial charge in [-0.05, 0) is 42.8 Å². The summed E-state index contributed by atoms with van der Waals surface area (Å²) in [6.45, 7) is 1.67. The summed E-state index contributed by atoms with van der Waals surface area (Å²) in [6, 6.07) is 10.1. The first kappa shape index (κ1) is 16.6. The Morgan fingerprint density at radius 2 is 2.04 bits per heavy atom. The van der Waals surface area contributed by atoms with Crippen molar-refractivity contribution in [3.63, 3.8) is 0 Å². The molecule has 0 aliphatic carbocycles. The van der Waals surface area contributed by atoms with Gasteiger partial charge in [-0.2, -0.15) is 0 Å². The molecule has 0 bridgehead atoms. The Hall–Kier alpha value is -2.24. The summed E-state index contributed by atoms with van der Waals surface area (Å²) >= 11 is 11.9. The minimum atomic E-state index is -0.537. The molecule has 0 unspecified atom stereocenters. The van der Waals surface area contributed by atoms with Crippen molar-refractivity contribution in [1.29, 1.82) is 0 Å². The summed E-state index contributed by atoms with van der Waals surface area (Å²) in [5.74, 6) is 0.121. The van der Waals surface area contributed by atoms with Crippen molar-refractivity contribution >= 4 is 46.4 Å². The molecule has 3 rings (SSSR count). The largest absolute Gasteiger partial charge is 0.479 e. The van der Waals surface area contributed by atoms with Crippen LogP contribution < -0.4 is 15.4 Å². The van der Waals surface area contributed by atoms with Crippen LogP contribution >= 0.6 is 23.2 Å². The van der Waals surface area contributed by atoms with E-state index in [1.807, 2.05) is 0 Å². The summed E-state index contributed by atoms with van der Waals surface area (Å²) in [5, 5.41) is 6.47. The number of carbonyl (C=O) groups is 2. The minimum Gasteiger partial charge on any atom is -0.479 e. The van der Waals surface area contributed by atoms with Crippen molar-refractivity contribution < 1.29 is 14.3 Å². The van der Waals surface area contributed by atoms with Gasteiger partial charge in [0, 0.05) is 15.7 Å². The van der Waals surface area contributed by atoms with Crippen molar-refractivity contribution in [3.05, 3.63) is 52.0 Å². The standard InChI is InChI=1S/C17H14Cl2N2O3/c1-9-17(23)21-14-8-12(4-5-15(14)24-9)20-16(22)6-10-2-3-11(18)7-13(10)19/h2-5,7-9H,6H2,1H3,(H,20,22)(H,21,23)/t9-/m1/s1. The van der Waals surface area contributed by atoms with Gasteiger partial charge < -0.3 is 15.4 Å². The summed E-state index contributed by atoms with van der Waals surface area (Å²) in [6.07, 6.45) is -0.419. The second-order valence-corrected chi connectivity index (χ2v) is 6.26. The van der Waals surface area contributed by atoms with E-state index in [1.165, 1.54) is 0 Å². The Morgan fingerprint density at radius 3 is 2.79 bits per heavy atom. The van der Waals surface area contributed by atoms with Gasteiger partial charge in [-0.3, -0.25) is 9.59 Å². The first-order valence-electron chi connectivity index (χ1n) is 7.28. The zero-order chi connectivity index (χ0) is 17.3. The maximum atomic E-state index is 12.2. The molecule has 2 aromatic rings. The predicted octanol–water partition coefficient (Wildman–Crippen LogP) is 3.89. The van der Waals surface area contributed by atoms with Crippen molar-refractivity contribution in [2.45, 2.75) is 19.4 Å². The molecule has 2 amide bonds. The molecule has 0 spiro atoms. The Labute approximate surface area is 148 Å². The molecular weight excluding hydrogens is 351 g/mol. The van der Waals surface area contributed by atoms with E-state index in [0.717, 1.165) is 0 Å². The number of hydrogen-bond acceptors (Lipinski definition) is 3. The smallest absolute Gasteiger partial charge is 0.265 e. The zero-order valence-corrected chi connectivity index (χ0v) is 14.2. The summed E-state index contributed by atoms with van der Waals surface area (Å²) in [7, 11) is 0. The van der Waals surface area contributed by atoms with E-state index < -0.39 is 6.10 Å². The molecule has 2 aromatic carbocycles. The Kier molecular flexibility index (Phi) is 4.64. The van der Waals surface area contributed by atoms with Crippen molar-refractivity contribution in [2.75, 3.05) is 10.6 Å². The lowest BCUT2D eigenvalue weighted by Crippen LogP contribution is -2.34. The third-order valence-electron chi connectivity index (χ3n) is 3.56. The van der Waals surface area contributed by atoms with Crippen LogP contribution in [0.1, 0.15) is 12.5 Å². The number of hydrogen-bond donors (Lipinski definition) is 2.